The number of anilines is 1. The summed E-state index contributed by atoms with van der Waals surface area (Å²) in [5, 5.41) is 18.9. The predicted octanol–water partition coefficient (Wildman–Crippen LogP) is 5.74. The summed E-state index contributed by atoms with van der Waals surface area (Å²) in [5.74, 6) is -0.764. The van der Waals surface area contributed by atoms with E-state index in [0.717, 1.165) is 28.7 Å². The zero-order chi connectivity index (χ0) is 39.6. The minimum Gasteiger partial charge on any atom is -0.463 e. The van der Waals surface area contributed by atoms with Gasteiger partial charge >= 0.3 is 17.9 Å². The number of aromatic nitrogens is 4. The number of fused-ring (bicyclic) bond motifs is 2. The highest BCUT2D eigenvalue weighted by Crippen LogP contribution is 2.30. The lowest BCUT2D eigenvalue weighted by Gasteiger charge is -2.29. The number of benzene rings is 3. The molecule has 0 unspecified atom stereocenters. The van der Waals surface area contributed by atoms with Crippen molar-refractivity contribution in [3.05, 3.63) is 87.1 Å². The Bertz CT molecular complexity index is 2350. The number of aromatic amines is 2. The van der Waals surface area contributed by atoms with Crippen LogP contribution in [0.4, 0.5) is 15.3 Å². The lowest BCUT2D eigenvalue weighted by atomic mass is 9.81. The minimum absolute atomic E-state index is 0.172. The maximum atomic E-state index is 13.8. The summed E-state index contributed by atoms with van der Waals surface area (Å²) in [5.41, 5.74) is 2.73. The Balaban J connectivity index is 1.18. The summed E-state index contributed by atoms with van der Waals surface area (Å²) in [4.78, 5) is 81.9. The van der Waals surface area contributed by atoms with Crippen LogP contribution in [0.1, 0.15) is 71.9 Å². The second-order valence-corrected chi connectivity index (χ2v) is 15.5. The van der Waals surface area contributed by atoms with Gasteiger partial charge in [-0.25, -0.2) is 19.1 Å². The smallest absolute Gasteiger partial charge is 0.431 e. The van der Waals surface area contributed by atoms with Gasteiger partial charge < -0.3 is 35.8 Å². The van der Waals surface area contributed by atoms with Crippen molar-refractivity contribution in [2.45, 2.75) is 84.4 Å². The number of imidazole rings is 1. The highest BCUT2D eigenvalue weighted by molar-refractivity contribution is 5.99. The van der Waals surface area contributed by atoms with Gasteiger partial charge in [-0.05, 0) is 113 Å². The summed E-state index contributed by atoms with van der Waals surface area (Å²) < 4.78 is 7.53. The van der Waals surface area contributed by atoms with Gasteiger partial charge in [0.25, 0.3) is 5.56 Å². The highest BCUT2D eigenvalue weighted by atomic mass is 16.6. The van der Waals surface area contributed by atoms with Gasteiger partial charge in [-0.15, -0.1) is 0 Å². The summed E-state index contributed by atoms with van der Waals surface area (Å²) in [6, 6.07) is 16.1. The van der Waals surface area contributed by atoms with Crippen molar-refractivity contribution in [2.24, 2.45) is 11.8 Å². The molecule has 6 N–H and O–H groups in total. The quantitative estimate of drug-likeness (QED) is 0.103. The third kappa shape index (κ3) is 8.99. The number of amides is 3. The van der Waals surface area contributed by atoms with E-state index < -0.39 is 29.7 Å². The second-order valence-electron chi connectivity index (χ2n) is 15.5. The monoisotopic (exact) mass is 753 g/mol. The van der Waals surface area contributed by atoms with E-state index in [4.69, 9.17) is 4.74 Å². The van der Waals surface area contributed by atoms with Gasteiger partial charge in [0.2, 0.25) is 11.8 Å². The van der Waals surface area contributed by atoms with Crippen LogP contribution < -0.4 is 27.2 Å². The van der Waals surface area contributed by atoms with Gasteiger partial charge in [-0.1, -0.05) is 30.3 Å². The third-order valence-corrected chi connectivity index (χ3v) is 9.85. The molecule has 1 aliphatic rings. The van der Waals surface area contributed by atoms with Crippen LogP contribution in [-0.2, 0) is 20.7 Å². The molecule has 3 aromatic carbocycles. The maximum Gasteiger partial charge on any atom is 0.431 e. The fourth-order valence-electron chi connectivity index (χ4n) is 7.14. The van der Waals surface area contributed by atoms with E-state index in [-0.39, 0.29) is 47.0 Å². The molecule has 0 saturated heterocycles. The molecule has 5 aromatic rings. The first kappa shape index (κ1) is 38.6. The molecule has 0 bridgehead atoms. The second kappa shape index (κ2) is 15.7. The Hall–Kier alpha value is -6.12. The lowest BCUT2D eigenvalue weighted by molar-refractivity contribution is -0.130. The number of carbonyl (C=O) groups is 4. The molecule has 0 spiro atoms. The molecule has 290 valence electrons. The molecule has 15 nitrogen and oxygen atoms in total. The number of ether oxygens (including phenoxy) is 1. The number of rotatable bonds is 10. The van der Waals surface area contributed by atoms with Crippen LogP contribution >= 0.6 is 0 Å². The van der Waals surface area contributed by atoms with E-state index in [9.17, 15) is 33.9 Å². The number of H-pyrrole nitrogens is 2. The molecule has 0 aliphatic heterocycles. The minimum atomic E-state index is -1.26. The zero-order valence-corrected chi connectivity index (χ0v) is 31.5. The fourth-order valence-corrected chi connectivity index (χ4v) is 7.14. The number of hydrogen-bond acceptors (Lipinski definition) is 7. The molecule has 55 heavy (non-hydrogen) atoms. The Morgan fingerprint density at radius 1 is 0.891 bits per heavy atom. The molecular formula is C40H47N7O8. The van der Waals surface area contributed by atoms with Crippen molar-refractivity contribution in [3.63, 3.8) is 0 Å². The number of nitrogens with one attached hydrogen (secondary N) is 5. The zero-order valence-electron chi connectivity index (χ0n) is 31.5. The van der Waals surface area contributed by atoms with Crippen molar-refractivity contribution >= 4 is 51.6 Å². The number of alkyl carbamates (subject to hydrolysis) is 1. The first-order valence-electron chi connectivity index (χ1n) is 18.5. The largest absolute Gasteiger partial charge is 0.463 e. The van der Waals surface area contributed by atoms with Crippen LogP contribution in [-0.4, -0.2) is 66.6 Å². The average molecular weight is 754 g/mol. The normalized spacial score (nSPS) is 16.5. The third-order valence-electron chi connectivity index (χ3n) is 9.85. The fraction of sp³-hybridized carbons (Fsp3) is 0.400. The molecule has 0 radical (unpaired) electrons. The van der Waals surface area contributed by atoms with Crippen molar-refractivity contribution in [3.8, 4) is 11.1 Å². The summed E-state index contributed by atoms with van der Waals surface area (Å²) in [6.45, 7) is 9.37. The van der Waals surface area contributed by atoms with Gasteiger partial charge in [-0.3, -0.25) is 14.4 Å². The van der Waals surface area contributed by atoms with Gasteiger partial charge in [0.05, 0.1) is 21.9 Å². The van der Waals surface area contributed by atoms with E-state index in [1.165, 1.54) is 4.68 Å². The highest BCUT2D eigenvalue weighted by Gasteiger charge is 2.30. The molecule has 15 heteroatoms. The molecule has 6 rings (SSSR count). The molecule has 1 aliphatic carbocycles. The van der Waals surface area contributed by atoms with Crippen molar-refractivity contribution in [2.75, 3.05) is 11.9 Å². The molecule has 1 fully saturated rings. The van der Waals surface area contributed by atoms with E-state index in [0.29, 0.717) is 47.1 Å². The molecule has 2 aromatic heterocycles. The lowest BCUT2D eigenvalue weighted by Crippen LogP contribution is -2.48. The van der Waals surface area contributed by atoms with Crippen LogP contribution in [0.3, 0.4) is 0 Å². The van der Waals surface area contributed by atoms with Gasteiger partial charge in [0, 0.05) is 30.6 Å². The average Bonchev–Trinajstić information content (AvgIpc) is 3.65. The van der Waals surface area contributed by atoms with Crippen LogP contribution in [0.5, 0.6) is 0 Å². The first-order chi connectivity index (χ1) is 26.1. The summed E-state index contributed by atoms with van der Waals surface area (Å²) in [7, 11) is 0. The Morgan fingerprint density at radius 2 is 1.56 bits per heavy atom. The number of hydrogen-bond donors (Lipinski definition) is 6. The predicted molar refractivity (Wildman–Crippen MR) is 208 cm³/mol. The van der Waals surface area contributed by atoms with E-state index in [2.05, 4.69) is 25.9 Å². The molecular weight excluding hydrogens is 706 g/mol. The topological polar surface area (TPSA) is 209 Å². The van der Waals surface area contributed by atoms with Crippen molar-refractivity contribution in [1.29, 1.82) is 0 Å². The van der Waals surface area contributed by atoms with Gasteiger partial charge in [0.15, 0.2) is 0 Å². The summed E-state index contributed by atoms with van der Waals surface area (Å²) in [6.07, 6.45) is 1.12. The number of carboxylic acid groups (broad SMARTS) is 1. The Labute approximate surface area is 316 Å². The van der Waals surface area contributed by atoms with Crippen molar-refractivity contribution in [1.82, 2.24) is 30.0 Å². The molecule has 1 saturated carbocycles. The molecule has 2 heterocycles. The number of nitrogens with zero attached hydrogens (tertiary/aromatic N) is 2. The van der Waals surface area contributed by atoms with Crippen LogP contribution in [0.25, 0.3) is 33.1 Å². The van der Waals surface area contributed by atoms with Crippen LogP contribution in [0.15, 0.2) is 70.3 Å². The molecule has 3 amide bonds. The number of carbonyl (C=O) groups excluding carboxylic acids is 3. The van der Waals surface area contributed by atoms with Crippen LogP contribution in [0.2, 0.25) is 0 Å². The first-order valence-corrected chi connectivity index (χ1v) is 18.5. The van der Waals surface area contributed by atoms with E-state index in [1.54, 1.807) is 71.0 Å². The summed E-state index contributed by atoms with van der Waals surface area (Å²) >= 11 is 0. The van der Waals surface area contributed by atoms with Gasteiger partial charge in [-0.2, -0.15) is 4.68 Å². The van der Waals surface area contributed by atoms with Crippen LogP contribution in [0, 0.1) is 11.8 Å². The molecule has 1 atom stereocenters. The van der Waals surface area contributed by atoms with Crippen molar-refractivity contribution < 1.29 is 29.0 Å². The maximum absolute atomic E-state index is 13.8. The van der Waals surface area contributed by atoms with E-state index >= 15 is 0 Å². The van der Waals surface area contributed by atoms with E-state index in [1.807, 2.05) is 24.3 Å². The Kier molecular flexibility index (Phi) is 11.0. The Morgan fingerprint density at radius 3 is 2.22 bits per heavy atom. The SMILES string of the molecule is CC(C)n1c(=O)c2ccc(-c3ccc(C[C@H](NC(=O)C4CCC(CNC(=O)OC(C)(C)C)CC4)C(=O)Nc4ccc5[nH]c(=O)[nH]c5c4)cc3)cc2n1C(=O)O. The van der Waals surface area contributed by atoms with Gasteiger partial charge in [0.1, 0.15) is 11.6 Å². The standard InChI is InChI=1S/C40H47N7O8/c1-22(2)46-36(50)29-16-14-27(19-33(29)47(46)39(53)54)25-10-6-23(7-11-25)18-32(35(49)42-28-15-17-30-31(20-28)45-37(51)44-30)43-34(48)26-12-8-24(9-13-26)21-41-38(52)55-40(3,4)5/h6-7,10-11,14-17,19-20,22,24,26,32H,8-9,12-13,18,21H2,1-5H3,(H,41,52)(H,42,49)(H,43,48)(H,53,54)(H2,44,45,51)/t24?,26?,32-/m0/s1.